The molecule has 2 amide bonds. The zero-order valence-electron chi connectivity index (χ0n) is 16.4. The van der Waals surface area contributed by atoms with E-state index < -0.39 is 57.2 Å². The van der Waals surface area contributed by atoms with Gasteiger partial charge < -0.3 is 9.47 Å². The van der Waals surface area contributed by atoms with Crippen LogP contribution in [0.4, 0.5) is 4.79 Å². The number of likely N-dealkylation sites (tertiary alicyclic amines) is 1. The smallest absolute Gasteiger partial charge is 0.417 e. The van der Waals surface area contributed by atoms with Crippen LogP contribution in [0.2, 0.25) is 0 Å². The zero-order chi connectivity index (χ0) is 20.6. The Labute approximate surface area is 160 Å². The van der Waals surface area contributed by atoms with Crippen molar-refractivity contribution in [2.75, 3.05) is 26.0 Å². The number of rotatable bonds is 4. The van der Waals surface area contributed by atoms with Crippen molar-refractivity contribution in [3.8, 4) is 0 Å². The Kier molecular flexibility index (Phi) is 6.20. The van der Waals surface area contributed by atoms with Crippen molar-refractivity contribution in [3.05, 3.63) is 0 Å². The lowest BCUT2D eigenvalue weighted by molar-refractivity contribution is -0.151. The Morgan fingerprint density at radius 1 is 1.19 bits per heavy atom. The van der Waals surface area contributed by atoms with Gasteiger partial charge in [0.25, 0.3) is 0 Å². The summed E-state index contributed by atoms with van der Waals surface area (Å²) in [6.07, 6.45) is 0.668. The maximum absolute atomic E-state index is 12.8. The third-order valence-corrected chi connectivity index (χ3v) is 6.82. The maximum Gasteiger partial charge on any atom is 0.417 e. The van der Waals surface area contributed by atoms with Crippen LogP contribution in [0.1, 0.15) is 40.5 Å². The molecule has 2 saturated heterocycles. The molecule has 3 atom stereocenters. The van der Waals surface area contributed by atoms with Crippen LogP contribution in [0, 0.1) is 11.8 Å². The minimum absolute atomic E-state index is 0.404. The second kappa shape index (κ2) is 7.75. The summed E-state index contributed by atoms with van der Waals surface area (Å²) in [5, 5.41) is 0. The highest BCUT2D eigenvalue weighted by atomic mass is 32.2. The highest BCUT2D eigenvalue weighted by Gasteiger charge is 2.55. The van der Waals surface area contributed by atoms with Crippen LogP contribution in [-0.2, 0) is 29.1 Å². The van der Waals surface area contributed by atoms with Gasteiger partial charge in [0.2, 0.25) is 15.9 Å². The van der Waals surface area contributed by atoms with Crippen LogP contribution >= 0.6 is 0 Å². The van der Waals surface area contributed by atoms with Gasteiger partial charge in [0, 0.05) is 25.0 Å². The summed E-state index contributed by atoms with van der Waals surface area (Å²) in [4.78, 5) is 38.3. The molecule has 2 aliphatic rings. The molecular formula is C17H28N2O7S. The lowest BCUT2D eigenvalue weighted by Gasteiger charge is -2.27. The van der Waals surface area contributed by atoms with Gasteiger partial charge in [0.05, 0.1) is 12.9 Å². The predicted molar refractivity (Wildman–Crippen MR) is 96.1 cm³/mol. The second-order valence-electron chi connectivity index (χ2n) is 7.98. The van der Waals surface area contributed by atoms with E-state index in [1.54, 1.807) is 27.7 Å². The Hall–Kier alpha value is -1.68. The Bertz CT molecular complexity index is 707. The molecule has 0 aromatic carbocycles. The van der Waals surface area contributed by atoms with Crippen LogP contribution in [0.25, 0.3) is 0 Å². The molecule has 0 aromatic heterocycles. The number of carbonyl (C=O) groups is 3. The maximum atomic E-state index is 12.8. The van der Waals surface area contributed by atoms with E-state index >= 15 is 0 Å². The highest BCUT2D eigenvalue weighted by molar-refractivity contribution is 7.89. The summed E-state index contributed by atoms with van der Waals surface area (Å²) in [6.45, 7) is 7.37. The highest BCUT2D eigenvalue weighted by Crippen LogP contribution is 2.35. The molecule has 2 rings (SSSR count). The van der Waals surface area contributed by atoms with Gasteiger partial charge in [-0.2, -0.15) is 0 Å². The normalized spacial score (nSPS) is 27.1. The van der Waals surface area contributed by atoms with Crippen LogP contribution in [0.3, 0.4) is 0 Å². The molecule has 0 saturated carbocycles. The van der Waals surface area contributed by atoms with E-state index in [2.05, 4.69) is 0 Å². The molecule has 0 unspecified atom stereocenters. The van der Waals surface area contributed by atoms with Crippen molar-refractivity contribution < 1.29 is 32.3 Å². The number of imide groups is 1. The summed E-state index contributed by atoms with van der Waals surface area (Å²) >= 11 is 0. The number of amides is 2. The molecule has 2 fully saturated rings. The number of ether oxygens (including phenoxy) is 2. The molecule has 27 heavy (non-hydrogen) atoms. The van der Waals surface area contributed by atoms with Crippen molar-refractivity contribution in [1.29, 1.82) is 0 Å². The fourth-order valence-corrected chi connectivity index (χ4v) is 5.51. The van der Waals surface area contributed by atoms with Crippen LogP contribution in [-0.4, -0.2) is 73.2 Å². The molecule has 0 aliphatic carbocycles. The van der Waals surface area contributed by atoms with E-state index in [0.717, 1.165) is 24.9 Å². The van der Waals surface area contributed by atoms with Crippen LogP contribution in [0.5, 0.6) is 0 Å². The molecule has 0 spiro atoms. The van der Waals surface area contributed by atoms with Crippen molar-refractivity contribution in [2.24, 2.45) is 11.8 Å². The summed E-state index contributed by atoms with van der Waals surface area (Å²) in [6, 6.07) is -0.811. The number of carbonyl (C=O) groups excluding carboxylic acids is 3. The van der Waals surface area contributed by atoms with Crippen LogP contribution < -0.4 is 0 Å². The van der Waals surface area contributed by atoms with E-state index in [9.17, 15) is 22.8 Å². The topological polar surface area (TPSA) is 110 Å². The Morgan fingerprint density at radius 3 is 2.22 bits per heavy atom. The fourth-order valence-electron chi connectivity index (χ4n) is 3.52. The lowest BCUT2D eigenvalue weighted by Crippen LogP contribution is -2.43. The van der Waals surface area contributed by atoms with Gasteiger partial charge in [0.1, 0.15) is 11.5 Å². The number of methoxy groups -OCH3 is 1. The quantitative estimate of drug-likeness (QED) is 0.507. The molecule has 154 valence electrons. The van der Waals surface area contributed by atoms with E-state index in [4.69, 9.17) is 9.47 Å². The van der Waals surface area contributed by atoms with E-state index in [-0.39, 0.29) is 0 Å². The number of sulfonamides is 1. The minimum atomic E-state index is -3.66. The average Bonchev–Trinajstić information content (AvgIpc) is 3.13. The summed E-state index contributed by atoms with van der Waals surface area (Å²) in [5.74, 6) is -4.29. The minimum Gasteiger partial charge on any atom is -0.468 e. The molecular weight excluding hydrogens is 376 g/mol. The third kappa shape index (κ3) is 4.60. The van der Waals surface area contributed by atoms with Gasteiger partial charge in [-0.1, -0.05) is 0 Å². The van der Waals surface area contributed by atoms with E-state index in [0.29, 0.717) is 13.1 Å². The SMILES string of the molecule is COC(=O)[C@@H]1C(=O)N(C(=O)OC(C)(C)C)[C@@H](C)[C@H]1CS(=O)(=O)N1CCCC1. The van der Waals surface area contributed by atoms with E-state index in [1.807, 2.05) is 0 Å². The average molecular weight is 404 g/mol. The second-order valence-corrected chi connectivity index (χ2v) is 9.99. The van der Waals surface area contributed by atoms with E-state index in [1.165, 1.54) is 4.31 Å². The van der Waals surface area contributed by atoms with Gasteiger partial charge in [-0.15, -0.1) is 0 Å². The molecule has 0 bridgehead atoms. The monoisotopic (exact) mass is 404 g/mol. The fraction of sp³-hybridized carbons (Fsp3) is 0.824. The zero-order valence-corrected chi connectivity index (χ0v) is 17.2. The first-order valence-electron chi connectivity index (χ1n) is 9.01. The molecule has 0 aromatic rings. The Morgan fingerprint density at radius 2 is 1.74 bits per heavy atom. The molecule has 0 radical (unpaired) electrons. The van der Waals surface area contributed by atoms with Crippen molar-refractivity contribution in [1.82, 2.24) is 9.21 Å². The first-order valence-corrected chi connectivity index (χ1v) is 10.6. The molecule has 0 N–H and O–H groups in total. The third-order valence-electron chi connectivity index (χ3n) is 4.87. The predicted octanol–water partition coefficient (Wildman–Crippen LogP) is 0.983. The number of nitrogens with zero attached hydrogens (tertiary/aromatic N) is 2. The summed E-state index contributed by atoms with van der Waals surface area (Å²) in [7, 11) is -2.54. The van der Waals surface area contributed by atoms with Gasteiger partial charge in [-0.25, -0.2) is 22.4 Å². The first-order chi connectivity index (χ1) is 12.4. The molecule has 9 nitrogen and oxygen atoms in total. The molecule has 10 heteroatoms. The Balaban J connectivity index is 2.31. The van der Waals surface area contributed by atoms with Gasteiger partial charge >= 0.3 is 12.1 Å². The number of hydrogen-bond acceptors (Lipinski definition) is 7. The van der Waals surface area contributed by atoms with Crippen molar-refractivity contribution >= 4 is 28.0 Å². The molecule has 2 aliphatic heterocycles. The van der Waals surface area contributed by atoms with Gasteiger partial charge in [0.15, 0.2) is 0 Å². The van der Waals surface area contributed by atoms with Crippen molar-refractivity contribution in [2.45, 2.75) is 52.2 Å². The molecule has 2 heterocycles. The standard InChI is InChI=1S/C17H28N2O7S/c1-11-12(10-27(23,24)18-8-6-7-9-18)13(15(21)25-5)14(20)19(11)16(22)26-17(2,3)4/h11-13H,6-10H2,1-5H3/t11-,12+,13-/m0/s1. The summed E-state index contributed by atoms with van der Waals surface area (Å²) in [5.41, 5.74) is -0.836. The van der Waals surface area contributed by atoms with Crippen molar-refractivity contribution in [3.63, 3.8) is 0 Å². The number of hydrogen-bond donors (Lipinski definition) is 0. The van der Waals surface area contributed by atoms with Crippen LogP contribution in [0.15, 0.2) is 0 Å². The lowest BCUT2D eigenvalue weighted by atomic mass is 9.93. The van der Waals surface area contributed by atoms with Gasteiger partial charge in [-0.05, 0) is 40.5 Å². The number of esters is 1. The largest absolute Gasteiger partial charge is 0.468 e. The summed E-state index contributed by atoms with van der Waals surface area (Å²) < 4.78 is 36.8. The van der Waals surface area contributed by atoms with Gasteiger partial charge in [-0.3, -0.25) is 9.59 Å². The first kappa shape index (κ1) is 21.6.